The molecule has 78 valence electrons. The van der Waals surface area contributed by atoms with E-state index < -0.39 is 0 Å². The number of aromatic amines is 1. The van der Waals surface area contributed by atoms with Gasteiger partial charge in [-0.05, 0) is 6.07 Å². The van der Waals surface area contributed by atoms with Gasteiger partial charge in [-0.2, -0.15) is 10.4 Å². The van der Waals surface area contributed by atoms with Crippen LogP contribution in [0, 0.1) is 11.3 Å². The van der Waals surface area contributed by atoms with Crippen molar-refractivity contribution in [3.8, 4) is 17.3 Å². The molecule has 0 aliphatic heterocycles. The van der Waals surface area contributed by atoms with Gasteiger partial charge >= 0.3 is 0 Å². The fraction of sp³-hybridized carbons (Fsp3) is 0.0833. The summed E-state index contributed by atoms with van der Waals surface area (Å²) in [4.78, 5) is 11.3. The van der Waals surface area contributed by atoms with E-state index in [2.05, 4.69) is 10.2 Å². The minimum atomic E-state index is -0.304. The predicted octanol–water partition coefficient (Wildman–Crippen LogP) is 1.50. The lowest BCUT2D eigenvalue weighted by molar-refractivity contribution is 0.963. The summed E-state index contributed by atoms with van der Waals surface area (Å²) in [7, 11) is 0. The lowest BCUT2D eigenvalue weighted by Gasteiger charge is -2.00. The lowest BCUT2D eigenvalue weighted by atomic mass is 10.1. The Labute approximate surface area is 92.2 Å². The number of benzene rings is 1. The maximum absolute atomic E-state index is 11.3. The maximum atomic E-state index is 11.3. The summed E-state index contributed by atoms with van der Waals surface area (Å²) in [5.74, 6) is 0. The van der Waals surface area contributed by atoms with E-state index >= 15 is 0 Å². The van der Waals surface area contributed by atoms with Gasteiger partial charge in [-0.1, -0.05) is 30.3 Å². The second kappa shape index (κ2) is 4.41. The van der Waals surface area contributed by atoms with E-state index in [4.69, 9.17) is 5.26 Å². The number of hydrogen-bond donors (Lipinski definition) is 1. The molecule has 1 aromatic heterocycles. The molecule has 16 heavy (non-hydrogen) atoms. The second-order valence-corrected chi connectivity index (χ2v) is 3.31. The van der Waals surface area contributed by atoms with E-state index in [0.717, 1.165) is 5.56 Å². The van der Waals surface area contributed by atoms with Gasteiger partial charge in [0.2, 0.25) is 0 Å². The van der Waals surface area contributed by atoms with Crippen LogP contribution in [-0.4, -0.2) is 10.2 Å². The van der Waals surface area contributed by atoms with Crippen LogP contribution < -0.4 is 5.56 Å². The molecule has 0 radical (unpaired) electrons. The van der Waals surface area contributed by atoms with Gasteiger partial charge in [0.05, 0.1) is 18.2 Å². The Balaban J connectivity index is 2.49. The summed E-state index contributed by atoms with van der Waals surface area (Å²) in [6, 6.07) is 13.1. The normalized spacial score (nSPS) is 9.69. The van der Waals surface area contributed by atoms with Crippen LogP contribution in [0.25, 0.3) is 11.3 Å². The Morgan fingerprint density at radius 2 is 2.06 bits per heavy atom. The molecule has 1 aromatic carbocycles. The molecule has 4 nitrogen and oxygen atoms in total. The van der Waals surface area contributed by atoms with Crippen molar-refractivity contribution in [2.45, 2.75) is 6.42 Å². The first-order valence-electron chi connectivity index (χ1n) is 4.82. The van der Waals surface area contributed by atoms with E-state index in [0.29, 0.717) is 11.3 Å². The van der Waals surface area contributed by atoms with Crippen LogP contribution in [-0.2, 0) is 6.42 Å². The lowest BCUT2D eigenvalue weighted by Crippen LogP contribution is -2.14. The van der Waals surface area contributed by atoms with Crippen molar-refractivity contribution < 1.29 is 0 Å². The van der Waals surface area contributed by atoms with Crippen molar-refractivity contribution >= 4 is 0 Å². The van der Waals surface area contributed by atoms with Crippen LogP contribution in [0.2, 0.25) is 0 Å². The van der Waals surface area contributed by atoms with Gasteiger partial charge in [0, 0.05) is 11.1 Å². The number of hydrogen-bond acceptors (Lipinski definition) is 3. The molecule has 0 bridgehead atoms. The SMILES string of the molecule is N#CCc1cc(-c2ccccc2)n[nH]c1=O. The third-order valence-electron chi connectivity index (χ3n) is 2.22. The van der Waals surface area contributed by atoms with Crippen molar-refractivity contribution in [1.29, 1.82) is 5.26 Å². The maximum Gasteiger partial charge on any atom is 0.268 e. The molecule has 2 rings (SSSR count). The molecular weight excluding hydrogens is 202 g/mol. The smallest absolute Gasteiger partial charge is 0.268 e. The van der Waals surface area contributed by atoms with E-state index in [1.165, 1.54) is 0 Å². The van der Waals surface area contributed by atoms with Crippen LogP contribution in [0.4, 0.5) is 0 Å². The molecule has 0 aliphatic carbocycles. The third-order valence-corrected chi connectivity index (χ3v) is 2.22. The molecule has 0 aliphatic rings. The van der Waals surface area contributed by atoms with Crippen molar-refractivity contribution in [2.75, 3.05) is 0 Å². The molecule has 0 unspecified atom stereocenters. The van der Waals surface area contributed by atoms with Gasteiger partial charge in [0.1, 0.15) is 0 Å². The molecule has 0 amide bonds. The molecule has 0 saturated heterocycles. The summed E-state index contributed by atoms with van der Waals surface area (Å²) in [5, 5.41) is 14.9. The van der Waals surface area contributed by atoms with E-state index in [1.54, 1.807) is 6.07 Å². The van der Waals surface area contributed by atoms with E-state index in [9.17, 15) is 4.79 Å². The van der Waals surface area contributed by atoms with Crippen LogP contribution in [0.3, 0.4) is 0 Å². The number of nitriles is 1. The van der Waals surface area contributed by atoms with Gasteiger partial charge in [-0.15, -0.1) is 0 Å². The van der Waals surface area contributed by atoms with Gasteiger partial charge in [-0.3, -0.25) is 4.79 Å². The van der Waals surface area contributed by atoms with Gasteiger partial charge in [0.25, 0.3) is 5.56 Å². The number of nitrogens with one attached hydrogen (secondary N) is 1. The highest BCUT2D eigenvalue weighted by atomic mass is 16.1. The third kappa shape index (κ3) is 1.98. The van der Waals surface area contributed by atoms with Crippen LogP contribution >= 0.6 is 0 Å². The van der Waals surface area contributed by atoms with Crippen LogP contribution in [0.15, 0.2) is 41.2 Å². The number of nitrogens with zero attached hydrogens (tertiary/aromatic N) is 2. The van der Waals surface area contributed by atoms with E-state index in [1.807, 2.05) is 36.4 Å². The Kier molecular flexibility index (Phi) is 2.79. The minimum Gasteiger partial charge on any atom is -0.268 e. The Morgan fingerprint density at radius 1 is 1.31 bits per heavy atom. The zero-order chi connectivity index (χ0) is 11.4. The first-order valence-corrected chi connectivity index (χ1v) is 4.82. The van der Waals surface area contributed by atoms with Gasteiger partial charge < -0.3 is 0 Å². The molecule has 0 saturated carbocycles. The molecule has 0 fully saturated rings. The number of aromatic nitrogens is 2. The highest BCUT2D eigenvalue weighted by molar-refractivity contribution is 5.58. The quantitative estimate of drug-likeness (QED) is 0.818. The molecule has 2 aromatic rings. The summed E-state index contributed by atoms with van der Waals surface area (Å²) in [6.07, 6.45) is 0.0949. The van der Waals surface area contributed by atoms with Crippen LogP contribution in [0.5, 0.6) is 0 Å². The standard InChI is InChI=1S/C12H9N3O/c13-7-6-10-8-11(14-15-12(10)16)9-4-2-1-3-5-9/h1-5,8H,6H2,(H,15,16). The molecule has 1 heterocycles. The Bertz CT molecular complexity index is 581. The Morgan fingerprint density at radius 3 is 2.75 bits per heavy atom. The average molecular weight is 211 g/mol. The van der Waals surface area contributed by atoms with Gasteiger partial charge in [-0.25, -0.2) is 5.10 Å². The average Bonchev–Trinajstić information content (AvgIpc) is 2.33. The number of rotatable bonds is 2. The topological polar surface area (TPSA) is 69.5 Å². The molecule has 0 spiro atoms. The predicted molar refractivity (Wildman–Crippen MR) is 59.6 cm³/mol. The molecule has 1 N–H and O–H groups in total. The fourth-order valence-corrected chi connectivity index (χ4v) is 1.42. The molecular formula is C12H9N3O. The second-order valence-electron chi connectivity index (χ2n) is 3.31. The van der Waals surface area contributed by atoms with Crippen molar-refractivity contribution in [3.63, 3.8) is 0 Å². The van der Waals surface area contributed by atoms with Gasteiger partial charge in [0.15, 0.2) is 0 Å². The summed E-state index contributed by atoms with van der Waals surface area (Å²) in [5.41, 5.74) is 1.72. The number of H-pyrrole nitrogens is 1. The zero-order valence-electron chi connectivity index (χ0n) is 8.47. The van der Waals surface area contributed by atoms with E-state index in [-0.39, 0.29) is 12.0 Å². The fourth-order valence-electron chi connectivity index (χ4n) is 1.42. The summed E-state index contributed by atoms with van der Waals surface area (Å²) in [6.45, 7) is 0. The largest absolute Gasteiger partial charge is 0.268 e. The first kappa shape index (κ1) is 10.1. The first-order chi connectivity index (χ1) is 7.81. The highest BCUT2D eigenvalue weighted by Gasteiger charge is 2.04. The summed E-state index contributed by atoms with van der Waals surface area (Å²) < 4.78 is 0. The monoisotopic (exact) mass is 211 g/mol. The zero-order valence-corrected chi connectivity index (χ0v) is 8.47. The highest BCUT2D eigenvalue weighted by Crippen LogP contribution is 2.14. The summed E-state index contributed by atoms with van der Waals surface area (Å²) >= 11 is 0. The minimum absolute atomic E-state index is 0.0949. The van der Waals surface area contributed by atoms with Crippen LogP contribution in [0.1, 0.15) is 5.56 Å². The molecule has 4 heteroatoms. The Hall–Kier alpha value is -2.41. The van der Waals surface area contributed by atoms with Crippen molar-refractivity contribution in [2.24, 2.45) is 0 Å². The molecule has 0 atom stereocenters. The van der Waals surface area contributed by atoms with Crippen molar-refractivity contribution in [1.82, 2.24) is 10.2 Å². The van der Waals surface area contributed by atoms with Crippen molar-refractivity contribution in [3.05, 3.63) is 52.3 Å².